The van der Waals surface area contributed by atoms with Crippen molar-refractivity contribution in [3.05, 3.63) is 93.4 Å². The maximum atomic E-state index is 13.2. The molecule has 0 aliphatic heterocycles. The molecule has 0 bridgehead atoms. The zero-order chi connectivity index (χ0) is 18.4. The Kier molecular flexibility index (Phi) is 6.56. The third-order valence-corrected chi connectivity index (χ3v) is 5.26. The van der Waals surface area contributed by atoms with Crippen molar-refractivity contribution in [1.29, 1.82) is 0 Å². The van der Waals surface area contributed by atoms with Crippen LogP contribution in [0.3, 0.4) is 0 Å². The molecule has 0 spiro atoms. The van der Waals surface area contributed by atoms with E-state index in [-0.39, 0.29) is 5.82 Å². The summed E-state index contributed by atoms with van der Waals surface area (Å²) >= 11 is 1.78. The molecule has 1 N–H and O–H groups in total. The second-order valence-corrected chi connectivity index (χ2v) is 8.02. The van der Waals surface area contributed by atoms with E-state index >= 15 is 0 Å². The van der Waals surface area contributed by atoms with Crippen molar-refractivity contribution in [1.82, 2.24) is 4.90 Å². The Morgan fingerprint density at radius 1 is 0.923 bits per heavy atom. The molecule has 136 valence electrons. The van der Waals surface area contributed by atoms with Crippen LogP contribution in [-0.2, 0) is 19.5 Å². The van der Waals surface area contributed by atoms with Crippen LogP contribution in [0.5, 0.6) is 0 Å². The maximum absolute atomic E-state index is 13.2. The van der Waals surface area contributed by atoms with E-state index in [1.165, 1.54) is 21.9 Å². The van der Waals surface area contributed by atoms with Crippen molar-refractivity contribution in [2.24, 2.45) is 0 Å². The van der Waals surface area contributed by atoms with Gasteiger partial charge in [0.1, 0.15) is 5.82 Å². The first-order valence-electron chi connectivity index (χ1n) is 8.82. The Bertz CT molecular complexity index is 801. The Morgan fingerprint density at radius 2 is 1.65 bits per heavy atom. The van der Waals surface area contributed by atoms with Crippen LogP contribution in [0.1, 0.15) is 20.9 Å². The monoisotopic (exact) mass is 369 g/mol. The average molecular weight is 370 g/mol. The van der Waals surface area contributed by atoms with Gasteiger partial charge in [-0.3, -0.25) is 4.90 Å². The third-order valence-electron chi connectivity index (χ3n) is 4.28. The van der Waals surface area contributed by atoms with Gasteiger partial charge in [0.05, 0.1) is 6.10 Å². The number of benzene rings is 2. The molecule has 1 atom stereocenters. The van der Waals surface area contributed by atoms with Crippen molar-refractivity contribution < 1.29 is 9.50 Å². The minimum absolute atomic E-state index is 0.224. The molecule has 1 aromatic heterocycles. The first-order chi connectivity index (χ1) is 12.6. The molecule has 26 heavy (non-hydrogen) atoms. The van der Waals surface area contributed by atoms with Crippen LogP contribution in [-0.4, -0.2) is 22.7 Å². The zero-order valence-corrected chi connectivity index (χ0v) is 15.8. The zero-order valence-electron chi connectivity index (χ0n) is 14.9. The van der Waals surface area contributed by atoms with E-state index in [1.807, 2.05) is 42.5 Å². The first-order valence-corrected chi connectivity index (χ1v) is 9.64. The molecule has 3 aromatic rings. The van der Waals surface area contributed by atoms with Gasteiger partial charge in [0.2, 0.25) is 0 Å². The smallest absolute Gasteiger partial charge is 0.123 e. The molecule has 4 heteroatoms. The van der Waals surface area contributed by atoms with Crippen LogP contribution >= 0.6 is 11.3 Å². The third kappa shape index (κ3) is 5.77. The van der Waals surface area contributed by atoms with E-state index in [0.29, 0.717) is 19.5 Å². The molecule has 0 radical (unpaired) electrons. The fourth-order valence-electron chi connectivity index (χ4n) is 3.07. The Balaban J connectivity index is 1.67. The summed E-state index contributed by atoms with van der Waals surface area (Å²) in [5.74, 6) is -0.224. The van der Waals surface area contributed by atoms with Gasteiger partial charge in [0.15, 0.2) is 0 Å². The van der Waals surface area contributed by atoms with Crippen LogP contribution in [0.15, 0.2) is 66.7 Å². The summed E-state index contributed by atoms with van der Waals surface area (Å²) in [6.07, 6.45) is 0.184. The number of aryl methyl sites for hydroxylation is 1. The highest BCUT2D eigenvalue weighted by Gasteiger charge is 2.14. The number of hydrogen-bond acceptors (Lipinski definition) is 3. The number of rotatable bonds is 8. The van der Waals surface area contributed by atoms with Gasteiger partial charge in [0.25, 0.3) is 0 Å². The maximum Gasteiger partial charge on any atom is 0.123 e. The van der Waals surface area contributed by atoms with Gasteiger partial charge in [0, 0.05) is 29.4 Å². The van der Waals surface area contributed by atoms with E-state index in [4.69, 9.17) is 0 Å². The summed E-state index contributed by atoms with van der Waals surface area (Å²) < 4.78 is 13.2. The molecule has 0 saturated heterocycles. The summed E-state index contributed by atoms with van der Waals surface area (Å²) in [7, 11) is 0. The van der Waals surface area contributed by atoms with Crippen molar-refractivity contribution in [3.63, 3.8) is 0 Å². The Labute approximate surface area is 158 Å². The molecule has 2 nitrogen and oxygen atoms in total. The molecule has 0 aliphatic carbocycles. The summed E-state index contributed by atoms with van der Waals surface area (Å²) in [6, 6.07) is 20.9. The van der Waals surface area contributed by atoms with Crippen LogP contribution in [0.25, 0.3) is 0 Å². The lowest BCUT2D eigenvalue weighted by atomic mass is 10.1. The van der Waals surface area contributed by atoms with Crippen molar-refractivity contribution in [3.8, 4) is 0 Å². The summed E-state index contributed by atoms with van der Waals surface area (Å²) in [4.78, 5) is 4.79. The molecule has 2 aromatic carbocycles. The lowest BCUT2D eigenvalue weighted by Gasteiger charge is -2.25. The second kappa shape index (κ2) is 9.08. The molecular formula is C22H24FNOS. The van der Waals surface area contributed by atoms with E-state index in [2.05, 4.69) is 24.0 Å². The summed E-state index contributed by atoms with van der Waals surface area (Å²) in [5.41, 5.74) is 2.18. The Hall–Kier alpha value is -2.01. The number of hydrogen-bond donors (Lipinski definition) is 1. The van der Waals surface area contributed by atoms with Gasteiger partial charge < -0.3 is 5.11 Å². The molecule has 0 aliphatic rings. The van der Waals surface area contributed by atoms with Crippen LogP contribution in [0, 0.1) is 12.7 Å². The molecule has 3 rings (SSSR count). The summed E-state index contributed by atoms with van der Waals surface area (Å²) in [6.45, 7) is 4.14. The molecule has 0 saturated carbocycles. The topological polar surface area (TPSA) is 23.5 Å². The second-order valence-electron chi connectivity index (χ2n) is 6.65. The normalized spacial score (nSPS) is 12.5. The lowest BCUT2D eigenvalue weighted by molar-refractivity contribution is 0.105. The highest BCUT2D eigenvalue weighted by Crippen LogP contribution is 2.19. The van der Waals surface area contributed by atoms with Crippen molar-refractivity contribution in [2.45, 2.75) is 32.5 Å². The highest BCUT2D eigenvalue weighted by molar-refractivity contribution is 7.11. The number of thiophene rings is 1. The predicted octanol–water partition coefficient (Wildman–Crippen LogP) is 4.80. The van der Waals surface area contributed by atoms with E-state index in [9.17, 15) is 9.50 Å². The van der Waals surface area contributed by atoms with Crippen molar-refractivity contribution >= 4 is 11.3 Å². The number of nitrogens with zero attached hydrogens (tertiary/aromatic N) is 1. The predicted molar refractivity (Wildman–Crippen MR) is 106 cm³/mol. The van der Waals surface area contributed by atoms with E-state index in [1.54, 1.807) is 11.3 Å². The van der Waals surface area contributed by atoms with Crippen LogP contribution < -0.4 is 0 Å². The van der Waals surface area contributed by atoms with Gasteiger partial charge in [-0.15, -0.1) is 11.3 Å². The molecule has 0 amide bonds. The molecular weight excluding hydrogens is 345 g/mol. The molecule has 1 heterocycles. The van der Waals surface area contributed by atoms with Gasteiger partial charge in [-0.05, 0) is 48.7 Å². The molecule has 0 unspecified atom stereocenters. The SMILES string of the molecule is Cc1ccc(CN(Cc2ccc(F)cc2)C[C@@H](O)Cc2ccccc2)s1. The minimum Gasteiger partial charge on any atom is -0.391 e. The fourth-order valence-corrected chi connectivity index (χ4v) is 4.01. The Morgan fingerprint density at radius 3 is 2.31 bits per heavy atom. The van der Waals surface area contributed by atoms with Gasteiger partial charge >= 0.3 is 0 Å². The largest absolute Gasteiger partial charge is 0.391 e. The number of halogens is 1. The fraction of sp³-hybridized carbons (Fsp3) is 0.273. The number of aliphatic hydroxyl groups excluding tert-OH is 1. The van der Waals surface area contributed by atoms with E-state index < -0.39 is 6.10 Å². The summed E-state index contributed by atoms with van der Waals surface area (Å²) in [5, 5.41) is 10.6. The minimum atomic E-state index is -0.445. The van der Waals surface area contributed by atoms with Gasteiger partial charge in [-0.1, -0.05) is 42.5 Å². The molecule has 0 fully saturated rings. The van der Waals surface area contributed by atoms with E-state index in [0.717, 1.165) is 17.7 Å². The standard InChI is InChI=1S/C22H24FNOS/c1-17-7-12-22(26-17)16-24(14-19-8-10-20(23)11-9-19)15-21(25)13-18-5-3-2-4-6-18/h2-12,21,25H,13-16H2,1H3/t21-/m0/s1. The van der Waals surface area contributed by atoms with Crippen LogP contribution in [0.2, 0.25) is 0 Å². The quantitative estimate of drug-likeness (QED) is 0.616. The van der Waals surface area contributed by atoms with Crippen molar-refractivity contribution in [2.75, 3.05) is 6.54 Å². The number of aliphatic hydroxyl groups is 1. The van der Waals surface area contributed by atoms with Gasteiger partial charge in [-0.25, -0.2) is 4.39 Å². The highest BCUT2D eigenvalue weighted by atomic mass is 32.1. The lowest BCUT2D eigenvalue weighted by Crippen LogP contribution is -2.32. The van der Waals surface area contributed by atoms with Gasteiger partial charge in [-0.2, -0.15) is 0 Å². The first kappa shape index (κ1) is 18.8. The average Bonchev–Trinajstić information content (AvgIpc) is 3.02. The van der Waals surface area contributed by atoms with Crippen LogP contribution in [0.4, 0.5) is 4.39 Å².